The molecule has 2 spiro atoms. The van der Waals surface area contributed by atoms with Crippen molar-refractivity contribution in [3.05, 3.63) is 24.3 Å². The Kier molecular flexibility index (Phi) is 3.54. The first-order valence-electron chi connectivity index (χ1n) is 9.80. The number of carbonyl (C=O) groups excluding carboxylic acids is 2. The molecular weight excluding hydrogens is 328 g/mol. The van der Waals surface area contributed by atoms with E-state index in [1.54, 1.807) is 0 Å². The molecule has 1 aromatic rings. The number of amides is 2. The van der Waals surface area contributed by atoms with Crippen LogP contribution in [0.2, 0.25) is 0 Å². The standard InChI is InChI=1S/C20H26N4O2/c25-17(14-13-19(14)5-9-21-10-6-19)24-11-7-20(8-12-24)18(26)22-15-3-1-2-4-16(15)23-20/h1-4,14,21,23H,5-13H2,(H,22,26)/t14-/m0/s1. The SMILES string of the molecule is O=C([C@@H]1CC12CCNCC2)N1CCC2(CC1)Nc1ccccc1NC2=O. The highest BCUT2D eigenvalue weighted by Gasteiger charge is 2.59. The topological polar surface area (TPSA) is 73.5 Å². The summed E-state index contributed by atoms with van der Waals surface area (Å²) in [5.41, 5.74) is 1.51. The van der Waals surface area contributed by atoms with E-state index in [4.69, 9.17) is 0 Å². The minimum atomic E-state index is -0.582. The number of likely N-dealkylation sites (tertiary alicyclic amines) is 1. The number of para-hydroxylation sites is 2. The second-order valence-corrected chi connectivity index (χ2v) is 8.40. The summed E-state index contributed by atoms with van der Waals surface area (Å²) in [6.07, 6.45) is 4.64. The van der Waals surface area contributed by atoms with Crippen LogP contribution < -0.4 is 16.0 Å². The third-order valence-corrected chi connectivity index (χ3v) is 7.00. The van der Waals surface area contributed by atoms with Crippen LogP contribution in [0, 0.1) is 11.3 Å². The van der Waals surface area contributed by atoms with Crippen LogP contribution in [0.5, 0.6) is 0 Å². The molecule has 6 nitrogen and oxygen atoms in total. The Bertz CT molecular complexity index is 748. The molecule has 1 aliphatic carbocycles. The van der Waals surface area contributed by atoms with E-state index in [-0.39, 0.29) is 17.2 Å². The first kappa shape index (κ1) is 16.1. The molecule has 1 saturated carbocycles. The van der Waals surface area contributed by atoms with Gasteiger partial charge in [-0.1, -0.05) is 12.1 Å². The van der Waals surface area contributed by atoms with Crippen LogP contribution in [0.1, 0.15) is 32.1 Å². The normalized spacial score (nSPS) is 28.2. The number of piperidine rings is 2. The molecule has 3 fully saturated rings. The number of benzene rings is 1. The highest BCUT2D eigenvalue weighted by atomic mass is 16.2. The van der Waals surface area contributed by atoms with Crippen molar-refractivity contribution in [2.45, 2.75) is 37.6 Å². The van der Waals surface area contributed by atoms with Crippen molar-refractivity contribution in [1.82, 2.24) is 10.2 Å². The van der Waals surface area contributed by atoms with E-state index >= 15 is 0 Å². The molecule has 0 aromatic heterocycles. The summed E-state index contributed by atoms with van der Waals surface area (Å²) in [5, 5.41) is 9.89. The third kappa shape index (κ3) is 2.42. The van der Waals surface area contributed by atoms with Gasteiger partial charge in [0.2, 0.25) is 11.8 Å². The molecular formula is C20H26N4O2. The second kappa shape index (κ2) is 5.71. The number of fused-ring (bicyclic) bond motifs is 1. The average Bonchev–Trinajstić information content (AvgIpc) is 3.36. The van der Waals surface area contributed by atoms with Crippen molar-refractivity contribution in [2.24, 2.45) is 11.3 Å². The maximum Gasteiger partial charge on any atom is 0.250 e. The molecule has 3 aliphatic heterocycles. The lowest BCUT2D eigenvalue weighted by Crippen LogP contribution is -2.59. The lowest BCUT2D eigenvalue weighted by Gasteiger charge is -2.44. The summed E-state index contributed by atoms with van der Waals surface area (Å²) in [6.45, 7) is 3.39. The van der Waals surface area contributed by atoms with Crippen molar-refractivity contribution in [3.8, 4) is 0 Å². The Morgan fingerprint density at radius 2 is 1.73 bits per heavy atom. The van der Waals surface area contributed by atoms with Gasteiger partial charge in [0.25, 0.3) is 0 Å². The summed E-state index contributed by atoms with van der Waals surface area (Å²) in [4.78, 5) is 27.7. The second-order valence-electron chi connectivity index (χ2n) is 8.40. The van der Waals surface area contributed by atoms with E-state index in [1.807, 2.05) is 29.2 Å². The van der Waals surface area contributed by atoms with Crippen LogP contribution in [0.4, 0.5) is 11.4 Å². The van der Waals surface area contributed by atoms with E-state index in [0.717, 1.165) is 43.7 Å². The predicted octanol–water partition coefficient (Wildman–Crippen LogP) is 1.80. The van der Waals surface area contributed by atoms with Gasteiger partial charge in [-0.05, 0) is 62.7 Å². The Morgan fingerprint density at radius 3 is 2.46 bits per heavy atom. The fourth-order valence-electron chi connectivity index (χ4n) is 5.11. The van der Waals surface area contributed by atoms with Gasteiger partial charge in [0.1, 0.15) is 5.54 Å². The molecule has 1 aromatic carbocycles. The van der Waals surface area contributed by atoms with Crippen LogP contribution >= 0.6 is 0 Å². The van der Waals surface area contributed by atoms with Crippen molar-refractivity contribution in [2.75, 3.05) is 36.8 Å². The van der Waals surface area contributed by atoms with E-state index in [0.29, 0.717) is 31.8 Å². The van der Waals surface area contributed by atoms with Gasteiger partial charge in [0.05, 0.1) is 11.4 Å². The fraction of sp³-hybridized carbons (Fsp3) is 0.600. The van der Waals surface area contributed by atoms with Gasteiger partial charge in [0.15, 0.2) is 0 Å². The smallest absolute Gasteiger partial charge is 0.250 e. The van der Waals surface area contributed by atoms with Gasteiger partial charge in [0, 0.05) is 19.0 Å². The Balaban J connectivity index is 1.25. The Hall–Kier alpha value is -2.08. The van der Waals surface area contributed by atoms with Crippen molar-refractivity contribution >= 4 is 23.2 Å². The highest BCUT2D eigenvalue weighted by molar-refractivity contribution is 6.06. The molecule has 0 bridgehead atoms. The monoisotopic (exact) mass is 354 g/mol. The molecule has 4 aliphatic rings. The summed E-state index contributed by atoms with van der Waals surface area (Å²) < 4.78 is 0. The third-order valence-electron chi connectivity index (χ3n) is 7.00. The largest absolute Gasteiger partial charge is 0.369 e. The molecule has 3 heterocycles. The predicted molar refractivity (Wildman–Crippen MR) is 99.9 cm³/mol. The quantitative estimate of drug-likeness (QED) is 0.719. The molecule has 138 valence electrons. The number of anilines is 2. The number of nitrogens with zero attached hydrogens (tertiary/aromatic N) is 1. The fourth-order valence-corrected chi connectivity index (χ4v) is 5.11. The molecule has 26 heavy (non-hydrogen) atoms. The summed E-state index contributed by atoms with van der Waals surface area (Å²) in [6, 6.07) is 7.81. The van der Waals surface area contributed by atoms with Gasteiger partial charge in [-0.3, -0.25) is 9.59 Å². The molecule has 0 unspecified atom stereocenters. The van der Waals surface area contributed by atoms with Gasteiger partial charge in [-0.2, -0.15) is 0 Å². The van der Waals surface area contributed by atoms with E-state index in [9.17, 15) is 9.59 Å². The van der Waals surface area contributed by atoms with E-state index in [2.05, 4.69) is 16.0 Å². The van der Waals surface area contributed by atoms with Crippen LogP contribution in [0.3, 0.4) is 0 Å². The Morgan fingerprint density at radius 1 is 1.04 bits per heavy atom. The van der Waals surface area contributed by atoms with Gasteiger partial charge >= 0.3 is 0 Å². The molecule has 2 saturated heterocycles. The zero-order valence-electron chi connectivity index (χ0n) is 15.0. The molecule has 5 rings (SSSR count). The van der Waals surface area contributed by atoms with E-state index in [1.165, 1.54) is 0 Å². The zero-order valence-corrected chi connectivity index (χ0v) is 15.0. The first-order chi connectivity index (χ1) is 12.6. The summed E-state index contributed by atoms with van der Waals surface area (Å²) in [5.74, 6) is 0.565. The number of hydrogen-bond donors (Lipinski definition) is 3. The van der Waals surface area contributed by atoms with Gasteiger partial charge in [-0.25, -0.2) is 0 Å². The van der Waals surface area contributed by atoms with Crippen LogP contribution in [-0.2, 0) is 9.59 Å². The average molecular weight is 354 g/mol. The summed E-state index contributed by atoms with van der Waals surface area (Å²) in [7, 11) is 0. The van der Waals surface area contributed by atoms with Crippen LogP contribution in [0.25, 0.3) is 0 Å². The molecule has 2 amide bonds. The molecule has 0 radical (unpaired) electrons. The maximum absolute atomic E-state index is 13.0. The van der Waals surface area contributed by atoms with E-state index < -0.39 is 5.54 Å². The molecule has 1 atom stereocenters. The lowest BCUT2D eigenvalue weighted by atomic mass is 9.84. The number of carbonyl (C=O) groups is 2. The van der Waals surface area contributed by atoms with Crippen molar-refractivity contribution < 1.29 is 9.59 Å². The van der Waals surface area contributed by atoms with Crippen molar-refractivity contribution in [3.63, 3.8) is 0 Å². The van der Waals surface area contributed by atoms with Crippen LogP contribution in [-0.4, -0.2) is 48.4 Å². The lowest BCUT2D eigenvalue weighted by molar-refractivity contribution is -0.136. The summed E-state index contributed by atoms with van der Waals surface area (Å²) >= 11 is 0. The van der Waals surface area contributed by atoms with Gasteiger partial charge < -0.3 is 20.9 Å². The Labute approximate surface area is 153 Å². The van der Waals surface area contributed by atoms with Gasteiger partial charge in [-0.15, -0.1) is 0 Å². The maximum atomic E-state index is 13.0. The minimum Gasteiger partial charge on any atom is -0.369 e. The van der Waals surface area contributed by atoms with Crippen molar-refractivity contribution in [1.29, 1.82) is 0 Å². The number of hydrogen-bond acceptors (Lipinski definition) is 4. The first-order valence-corrected chi connectivity index (χ1v) is 9.80. The van der Waals surface area contributed by atoms with Crippen LogP contribution in [0.15, 0.2) is 24.3 Å². The molecule has 3 N–H and O–H groups in total. The number of rotatable bonds is 1. The minimum absolute atomic E-state index is 0.0320. The number of nitrogens with one attached hydrogen (secondary N) is 3. The highest BCUT2D eigenvalue weighted by Crippen LogP contribution is 2.59. The molecule has 6 heteroatoms. The zero-order chi connectivity index (χ0) is 17.8.